The SMILES string of the molecule is O=C(c1ccccc1)C(C(c1ccc(Br)cc1)c1c([O-])[nH]c(=O)[nH]c1=O)n1c[n+](Cc2ccccc2)c2ccccc21. The van der Waals surface area contributed by atoms with Gasteiger partial charge in [-0.3, -0.25) is 14.6 Å². The van der Waals surface area contributed by atoms with Gasteiger partial charge in [0, 0.05) is 15.6 Å². The number of ketones is 1. The number of benzene rings is 4. The molecule has 2 heterocycles. The van der Waals surface area contributed by atoms with Gasteiger partial charge < -0.3 is 10.1 Å². The molecule has 0 aliphatic rings. The van der Waals surface area contributed by atoms with E-state index < -0.39 is 29.1 Å². The minimum atomic E-state index is -1.06. The second-order valence-corrected chi connectivity index (χ2v) is 10.9. The molecule has 42 heavy (non-hydrogen) atoms. The van der Waals surface area contributed by atoms with Gasteiger partial charge in [-0.05, 0) is 41.3 Å². The molecule has 0 saturated carbocycles. The molecule has 0 radical (unpaired) electrons. The molecule has 6 aromatic rings. The van der Waals surface area contributed by atoms with Crippen LogP contribution in [0.25, 0.3) is 11.0 Å². The first-order chi connectivity index (χ1) is 20.4. The van der Waals surface area contributed by atoms with Crippen molar-refractivity contribution in [3.05, 3.63) is 163 Å². The van der Waals surface area contributed by atoms with Gasteiger partial charge in [0.05, 0.1) is 5.92 Å². The Morgan fingerprint density at radius 1 is 0.833 bits per heavy atom. The third-order valence-corrected chi connectivity index (χ3v) is 7.88. The average Bonchev–Trinajstić information content (AvgIpc) is 3.35. The highest BCUT2D eigenvalue weighted by Crippen LogP contribution is 2.39. The lowest BCUT2D eigenvalue weighted by atomic mass is 9.82. The zero-order valence-electron chi connectivity index (χ0n) is 22.2. The number of fused-ring (bicyclic) bond motifs is 1. The van der Waals surface area contributed by atoms with Gasteiger partial charge in [-0.2, -0.15) is 0 Å². The van der Waals surface area contributed by atoms with Crippen LogP contribution < -0.4 is 20.9 Å². The van der Waals surface area contributed by atoms with Crippen LogP contribution in [0, 0.1) is 0 Å². The minimum Gasteiger partial charge on any atom is -0.860 e. The van der Waals surface area contributed by atoms with Crippen molar-refractivity contribution >= 4 is 32.7 Å². The molecule has 0 amide bonds. The molecule has 0 bridgehead atoms. The van der Waals surface area contributed by atoms with E-state index in [-0.39, 0.29) is 11.3 Å². The number of aromatic nitrogens is 4. The van der Waals surface area contributed by atoms with Crippen LogP contribution in [0.15, 0.2) is 130 Å². The number of hydrogen-bond acceptors (Lipinski definition) is 4. The summed E-state index contributed by atoms with van der Waals surface area (Å²) < 4.78 is 4.68. The first-order valence-corrected chi connectivity index (χ1v) is 14.1. The van der Waals surface area contributed by atoms with Crippen molar-refractivity contribution in [2.45, 2.75) is 18.5 Å². The topological polar surface area (TPSA) is 115 Å². The molecular weight excluding hydrogens is 596 g/mol. The molecule has 8 nitrogen and oxygen atoms in total. The second-order valence-electron chi connectivity index (χ2n) is 9.98. The number of carbonyl (C=O) groups excluding carboxylic acids is 1. The molecule has 2 aromatic heterocycles. The van der Waals surface area contributed by atoms with Crippen LogP contribution in [0.3, 0.4) is 0 Å². The Labute approximate surface area is 248 Å². The molecular formula is C33H25BrN4O4. The molecule has 0 aliphatic heterocycles. The van der Waals surface area contributed by atoms with E-state index in [0.29, 0.717) is 17.7 Å². The van der Waals surface area contributed by atoms with Gasteiger partial charge in [0.1, 0.15) is 6.54 Å². The van der Waals surface area contributed by atoms with Crippen LogP contribution in [0.4, 0.5) is 0 Å². The van der Waals surface area contributed by atoms with Gasteiger partial charge in [-0.1, -0.05) is 101 Å². The number of nitrogens with one attached hydrogen (secondary N) is 2. The number of hydrogen-bond donors (Lipinski definition) is 2. The van der Waals surface area contributed by atoms with Crippen LogP contribution >= 0.6 is 15.9 Å². The van der Waals surface area contributed by atoms with Crippen LogP contribution in [-0.2, 0) is 6.54 Å². The Bertz CT molecular complexity index is 2000. The summed E-state index contributed by atoms with van der Waals surface area (Å²) in [5.74, 6) is -2.17. The Balaban J connectivity index is 1.65. The van der Waals surface area contributed by atoms with E-state index in [2.05, 4.69) is 25.9 Å². The molecule has 0 saturated heterocycles. The Kier molecular flexibility index (Phi) is 7.41. The predicted octanol–water partition coefficient (Wildman–Crippen LogP) is 4.45. The predicted molar refractivity (Wildman–Crippen MR) is 161 cm³/mol. The van der Waals surface area contributed by atoms with Crippen molar-refractivity contribution in [1.29, 1.82) is 0 Å². The number of aromatic amines is 2. The molecule has 208 valence electrons. The van der Waals surface area contributed by atoms with Crippen LogP contribution in [0.2, 0.25) is 0 Å². The molecule has 0 aliphatic carbocycles. The standard InChI is InChI=1S/C33H25BrN4O4/c34-24-17-15-22(16-18-24)27(28-31(40)35-33(42)36-32(28)41)29(30(39)23-11-5-2-6-12-23)38-20-37(19-21-9-3-1-4-10-21)25-13-7-8-14-26(25)38/h1-18,20,27,29H,19H2,(H2-,35,36,40,41,42). The van der Waals surface area contributed by atoms with Crippen molar-refractivity contribution in [3.63, 3.8) is 0 Å². The van der Waals surface area contributed by atoms with Crippen molar-refractivity contribution in [1.82, 2.24) is 14.5 Å². The Morgan fingerprint density at radius 3 is 2.17 bits per heavy atom. The number of nitrogens with zero attached hydrogens (tertiary/aromatic N) is 2. The van der Waals surface area contributed by atoms with Gasteiger partial charge in [0.15, 0.2) is 17.1 Å². The molecule has 0 spiro atoms. The molecule has 2 atom stereocenters. The average molecular weight is 621 g/mol. The highest BCUT2D eigenvalue weighted by Gasteiger charge is 2.40. The molecule has 2 N–H and O–H groups in total. The van der Waals surface area contributed by atoms with E-state index in [1.54, 1.807) is 48.5 Å². The van der Waals surface area contributed by atoms with E-state index in [1.165, 1.54) is 0 Å². The van der Waals surface area contributed by atoms with Gasteiger partial charge in [-0.25, -0.2) is 13.9 Å². The number of imidazole rings is 1. The van der Waals surface area contributed by atoms with E-state index in [9.17, 15) is 19.5 Å². The van der Waals surface area contributed by atoms with Gasteiger partial charge in [-0.15, -0.1) is 0 Å². The lowest BCUT2D eigenvalue weighted by molar-refractivity contribution is -0.663. The molecule has 6 rings (SSSR count). The number of halogens is 1. The van der Waals surface area contributed by atoms with E-state index in [4.69, 9.17) is 0 Å². The molecule has 9 heteroatoms. The maximum Gasteiger partial charge on any atom is 0.325 e. The lowest BCUT2D eigenvalue weighted by Crippen LogP contribution is -2.36. The van der Waals surface area contributed by atoms with Gasteiger partial charge >= 0.3 is 5.69 Å². The van der Waals surface area contributed by atoms with Crippen LogP contribution in [-0.4, -0.2) is 20.3 Å². The third-order valence-electron chi connectivity index (χ3n) is 7.35. The Hall–Kier alpha value is -5.02. The highest BCUT2D eigenvalue weighted by atomic mass is 79.9. The maximum atomic E-state index is 14.6. The van der Waals surface area contributed by atoms with Crippen molar-refractivity contribution in [3.8, 4) is 5.88 Å². The number of para-hydroxylation sites is 2. The quantitative estimate of drug-likeness (QED) is 0.193. The van der Waals surface area contributed by atoms with Crippen LogP contribution in [0.5, 0.6) is 5.88 Å². The maximum absolute atomic E-state index is 14.6. The molecule has 2 unspecified atom stereocenters. The minimum absolute atomic E-state index is 0.224. The van der Waals surface area contributed by atoms with Crippen molar-refractivity contribution < 1.29 is 14.5 Å². The summed E-state index contributed by atoms with van der Waals surface area (Å²) in [5.41, 5.74) is 1.72. The number of carbonyl (C=O) groups is 1. The smallest absolute Gasteiger partial charge is 0.325 e. The number of rotatable bonds is 8. The summed E-state index contributed by atoms with van der Waals surface area (Å²) in [5, 5.41) is 13.3. The normalized spacial score (nSPS) is 12.7. The summed E-state index contributed by atoms with van der Waals surface area (Å²) >= 11 is 3.45. The van der Waals surface area contributed by atoms with E-state index >= 15 is 0 Å². The van der Waals surface area contributed by atoms with Crippen molar-refractivity contribution in [2.75, 3.05) is 0 Å². The fourth-order valence-corrected chi connectivity index (χ4v) is 5.74. The summed E-state index contributed by atoms with van der Waals surface area (Å²) in [6.45, 7) is 0.537. The fourth-order valence-electron chi connectivity index (χ4n) is 5.47. The summed E-state index contributed by atoms with van der Waals surface area (Å²) in [7, 11) is 0. The molecule has 0 fully saturated rings. The Morgan fingerprint density at radius 2 is 1.48 bits per heavy atom. The fraction of sp³-hybridized carbons (Fsp3) is 0.0909. The number of Topliss-reactive ketones (excluding diaryl/α,β-unsaturated/α-hetero) is 1. The van der Waals surface area contributed by atoms with Crippen molar-refractivity contribution in [2.24, 2.45) is 0 Å². The largest absolute Gasteiger partial charge is 0.860 e. The summed E-state index contributed by atoms with van der Waals surface area (Å²) in [4.78, 5) is 44.3. The molecule has 4 aromatic carbocycles. The van der Waals surface area contributed by atoms with E-state index in [0.717, 1.165) is 21.1 Å². The lowest BCUT2D eigenvalue weighted by Gasteiger charge is -2.27. The number of H-pyrrole nitrogens is 2. The van der Waals surface area contributed by atoms with E-state index in [1.807, 2.05) is 76.1 Å². The highest BCUT2D eigenvalue weighted by molar-refractivity contribution is 9.10. The van der Waals surface area contributed by atoms with Gasteiger partial charge in [0.25, 0.3) is 5.56 Å². The second kappa shape index (κ2) is 11.5. The van der Waals surface area contributed by atoms with Crippen LogP contribution in [0.1, 0.15) is 39.0 Å². The summed E-state index contributed by atoms with van der Waals surface area (Å²) in [6.07, 6.45) is 1.86. The van der Waals surface area contributed by atoms with Gasteiger partial charge in [0.2, 0.25) is 12.1 Å². The summed E-state index contributed by atoms with van der Waals surface area (Å²) in [6, 6.07) is 32.5. The zero-order valence-corrected chi connectivity index (χ0v) is 23.8. The third kappa shape index (κ3) is 5.22. The first-order valence-electron chi connectivity index (χ1n) is 13.3. The first kappa shape index (κ1) is 27.2. The zero-order chi connectivity index (χ0) is 29.2. The monoisotopic (exact) mass is 620 g/mol.